The van der Waals surface area contributed by atoms with Crippen LogP contribution < -0.4 is 10.5 Å². The van der Waals surface area contributed by atoms with Crippen molar-refractivity contribution in [2.75, 3.05) is 38.0 Å². The predicted octanol–water partition coefficient (Wildman–Crippen LogP) is 1.22. The number of sulfonamides is 1. The summed E-state index contributed by atoms with van der Waals surface area (Å²) in [6, 6.07) is 6.74. The lowest BCUT2D eigenvalue weighted by Gasteiger charge is -2.36. The number of amides is 1. The number of likely N-dealkylation sites (tertiary alicyclic amines) is 2. The Morgan fingerprint density at radius 1 is 1.15 bits per heavy atom. The number of carbonyl (C=O) groups is 1. The van der Waals surface area contributed by atoms with Crippen molar-refractivity contribution in [1.82, 2.24) is 9.80 Å². The van der Waals surface area contributed by atoms with Gasteiger partial charge in [0.1, 0.15) is 0 Å². The van der Waals surface area contributed by atoms with Gasteiger partial charge in [-0.25, -0.2) is 13.6 Å². The number of piperidine rings is 1. The third-order valence-corrected chi connectivity index (χ3v) is 6.23. The second-order valence-corrected chi connectivity index (χ2v) is 8.75. The molecule has 3 N–H and O–H groups in total. The van der Waals surface area contributed by atoms with Crippen molar-refractivity contribution in [1.29, 1.82) is 0 Å². The van der Waals surface area contributed by atoms with E-state index in [4.69, 9.17) is 5.14 Å². The van der Waals surface area contributed by atoms with Gasteiger partial charge in [-0.2, -0.15) is 0 Å². The highest BCUT2D eigenvalue weighted by atomic mass is 32.2. The van der Waals surface area contributed by atoms with Gasteiger partial charge in [-0.05, 0) is 70.1 Å². The zero-order valence-corrected chi connectivity index (χ0v) is 15.9. The first-order valence-electron chi connectivity index (χ1n) is 9.31. The van der Waals surface area contributed by atoms with Crippen LogP contribution in [0.1, 0.15) is 32.1 Å². The highest BCUT2D eigenvalue weighted by Gasteiger charge is 2.26. The molecular weight excluding hydrogens is 352 g/mol. The molecule has 2 fully saturated rings. The van der Waals surface area contributed by atoms with E-state index in [1.54, 1.807) is 12.1 Å². The minimum Gasteiger partial charge on any atom is -0.326 e. The van der Waals surface area contributed by atoms with Crippen molar-refractivity contribution >= 4 is 21.6 Å². The SMILES string of the molecule is NS(=O)(=O)c1cccc(NC(=O)CCN2CCC(N3CCCC3)CC2)c1. The maximum absolute atomic E-state index is 12.2. The van der Waals surface area contributed by atoms with E-state index in [0.717, 1.165) is 19.6 Å². The molecule has 0 aliphatic carbocycles. The fourth-order valence-corrected chi connectivity index (χ4v) is 4.41. The van der Waals surface area contributed by atoms with E-state index in [1.807, 2.05) is 0 Å². The summed E-state index contributed by atoms with van der Waals surface area (Å²) in [5.74, 6) is -0.113. The number of primary sulfonamides is 1. The molecule has 0 radical (unpaired) electrons. The number of rotatable bonds is 6. The fraction of sp³-hybridized carbons (Fsp3) is 0.611. The van der Waals surface area contributed by atoms with Gasteiger partial charge in [0.15, 0.2) is 0 Å². The predicted molar refractivity (Wildman–Crippen MR) is 101 cm³/mol. The van der Waals surface area contributed by atoms with Crippen LogP contribution >= 0.6 is 0 Å². The molecule has 0 aromatic heterocycles. The van der Waals surface area contributed by atoms with Gasteiger partial charge in [-0.3, -0.25) is 4.79 Å². The van der Waals surface area contributed by atoms with Gasteiger partial charge >= 0.3 is 0 Å². The van der Waals surface area contributed by atoms with Gasteiger partial charge in [0.2, 0.25) is 15.9 Å². The number of nitrogens with one attached hydrogen (secondary N) is 1. The van der Waals surface area contributed by atoms with Crippen LogP contribution in [-0.4, -0.2) is 62.9 Å². The Morgan fingerprint density at radius 2 is 1.85 bits per heavy atom. The number of nitrogens with zero attached hydrogens (tertiary/aromatic N) is 2. The van der Waals surface area contributed by atoms with E-state index in [9.17, 15) is 13.2 Å². The van der Waals surface area contributed by atoms with Crippen LogP contribution in [0, 0.1) is 0 Å². The highest BCUT2D eigenvalue weighted by Crippen LogP contribution is 2.21. The Hall–Kier alpha value is -1.48. The molecule has 2 heterocycles. The molecule has 0 spiro atoms. The first-order valence-corrected chi connectivity index (χ1v) is 10.9. The molecule has 1 aromatic carbocycles. The van der Waals surface area contributed by atoms with Gasteiger partial charge in [-0.1, -0.05) is 6.07 Å². The molecule has 2 aliphatic heterocycles. The molecule has 1 aromatic rings. The summed E-state index contributed by atoms with van der Waals surface area (Å²) in [7, 11) is -3.77. The smallest absolute Gasteiger partial charge is 0.238 e. The average Bonchev–Trinajstić information content (AvgIpc) is 3.14. The van der Waals surface area contributed by atoms with Crippen LogP contribution in [0.2, 0.25) is 0 Å². The Morgan fingerprint density at radius 3 is 2.50 bits per heavy atom. The monoisotopic (exact) mass is 380 g/mol. The summed E-state index contributed by atoms with van der Waals surface area (Å²) in [4.78, 5) is 17.1. The first-order chi connectivity index (χ1) is 12.4. The lowest BCUT2D eigenvalue weighted by Crippen LogP contribution is -2.44. The molecule has 2 saturated heterocycles. The van der Waals surface area contributed by atoms with Crippen molar-refractivity contribution in [3.63, 3.8) is 0 Å². The summed E-state index contributed by atoms with van der Waals surface area (Å²) in [5, 5.41) is 7.87. The summed E-state index contributed by atoms with van der Waals surface area (Å²) < 4.78 is 22.8. The average molecular weight is 381 g/mol. The molecule has 0 atom stereocenters. The van der Waals surface area contributed by atoms with Gasteiger partial charge in [0.25, 0.3) is 0 Å². The summed E-state index contributed by atoms with van der Waals surface area (Å²) in [6.45, 7) is 5.29. The number of benzene rings is 1. The maximum Gasteiger partial charge on any atom is 0.238 e. The van der Waals surface area contributed by atoms with Crippen LogP contribution in [0.4, 0.5) is 5.69 Å². The molecule has 7 nitrogen and oxygen atoms in total. The number of carbonyl (C=O) groups excluding carboxylic acids is 1. The van der Waals surface area contributed by atoms with Crippen LogP contribution in [0.25, 0.3) is 0 Å². The van der Waals surface area contributed by atoms with Crippen molar-refractivity contribution in [2.45, 2.75) is 43.0 Å². The van der Waals surface area contributed by atoms with E-state index in [1.165, 1.54) is 50.9 Å². The van der Waals surface area contributed by atoms with Crippen LogP contribution in [0.5, 0.6) is 0 Å². The quantitative estimate of drug-likeness (QED) is 0.774. The lowest BCUT2D eigenvalue weighted by atomic mass is 10.0. The van der Waals surface area contributed by atoms with Crippen LogP contribution in [-0.2, 0) is 14.8 Å². The summed E-state index contributed by atoms with van der Waals surface area (Å²) in [5.41, 5.74) is 0.453. The maximum atomic E-state index is 12.2. The summed E-state index contributed by atoms with van der Waals surface area (Å²) >= 11 is 0. The standard InChI is InChI=1S/C18H28N4O3S/c19-26(24,25)17-5-3-4-15(14-17)20-18(23)8-13-21-11-6-16(7-12-21)22-9-1-2-10-22/h3-5,14,16H,1-2,6-13H2,(H,20,23)(H2,19,24,25). The Labute approximate surface area is 155 Å². The largest absolute Gasteiger partial charge is 0.326 e. The number of nitrogens with two attached hydrogens (primary N) is 1. The lowest BCUT2D eigenvalue weighted by molar-refractivity contribution is -0.116. The van der Waals surface area contributed by atoms with E-state index < -0.39 is 10.0 Å². The fourth-order valence-electron chi connectivity index (χ4n) is 3.85. The van der Waals surface area contributed by atoms with Gasteiger partial charge in [0.05, 0.1) is 4.90 Å². The van der Waals surface area contributed by atoms with E-state index in [2.05, 4.69) is 15.1 Å². The summed E-state index contributed by atoms with van der Waals surface area (Å²) in [6.07, 6.45) is 5.41. The molecule has 144 valence electrons. The molecule has 0 unspecified atom stereocenters. The third kappa shape index (κ3) is 5.26. The molecule has 1 amide bonds. The molecule has 2 aliphatic rings. The number of hydrogen-bond acceptors (Lipinski definition) is 5. The topological polar surface area (TPSA) is 95.7 Å². The van der Waals surface area contributed by atoms with Crippen molar-refractivity contribution in [3.05, 3.63) is 24.3 Å². The number of hydrogen-bond donors (Lipinski definition) is 2. The van der Waals surface area contributed by atoms with Crippen molar-refractivity contribution in [2.24, 2.45) is 5.14 Å². The zero-order valence-electron chi connectivity index (χ0n) is 15.1. The minimum atomic E-state index is -3.77. The number of anilines is 1. The van der Waals surface area contributed by atoms with E-state index >= 15 is 0 Å². The second-order valence-electron chi connectivity index (χ2n) is 7.19. The van der Waals surface area contributed by atoms with Gasteiger partial charge < -0.3 is 15.1 Å². The Kier molecular flexibility index (Phi) is 6.29. The van der Waals surface area contributed by atoms with E-state index in [0.29, 0.717) is 18.2 Å². The van der Waals surface area contributed by atoms with Gasteiger partial charge in [-0.15, -0.1) is 0 Å². The minimum absolute atomic E-state index is 0.000662. The van der Waals surface area contributed by atoms with Gasteiger partial charge in [0, 0.05) is 24.7 Å². The third-order valence-electron chi connectivity index (χ3n) is 5.32. The molecule has 0 saturated carbocycles. The van der Waals surface area contributed by atoms with E-state index in [-0.39, 0.29) is 10.8 Å². The molecule has 3 rings (SSSR count). The van der Waals surface area contributed by atoms with Crippen LogP contribution in [0.15, 0.2) is 29.2 Å². The zero-order chi connectivity index (χ0) is 18.6. The highest BCUT2D eigenvalue weighted by molar-refractivity contribution is 7.89. The molecule has 26 heavy (non-hydrogen) atoms. The molecular formula is C18H28N4O3S. The first kappa shape index (κ1) is 19.3. The van der Waals surface area contributed by atoms with Crippen LogP contribution in [0.3, 0.4) is 0 Å². The Bertz CT molecular complexity index is 724. The molecule has 0 bridgehead atoms. The molecule has 8 heteroatoms. The second kappa shape index (κ2) is 8.47. The van der Waals surface area contributed by atoms with Crippen molar-refractivity contribution in [3.8, 4) is 0 Å². The Balaban J connectivity index is 1.42. The van der Waals surface area contributed by atoms with Crippen molar-refractivity contribution < 1.29 is 13.2 Å². The normalized spacial score (nSPS) is 20.3.